The van der Waals surface area contributed by atoms with Crippen LogP contribution in [0.3, 0.4) is 0 Å². The lowest BCUT2D eigenvalue weighted by atomic mass is 10.0. The van der Waals surface area contributed by atoms with E-state index in [1.165, 1.54) is 32.3 Å². The van der Waals surface area contributed by atoms with Crippen molar-refractivity contribution in [1.82, 2.24) is 9.21 Å². The number of carbonyl (C=O) groups excluding carboxylic acids is 2. The number of sulfonamides is 1. The summed E-state index contributed by atoms with van der Waals surface area (Å²) >= 11 is 0. The molecule has 0 saturated carbocycles. The number of anilines is 1. The number of esters is 1. The number of nitrogens with zero attached hydrogens (tertiary/aromatic N) is 2. The third-order valence-electron chi connectivity index (χ3n) is 4.87. The van der Waals surface area contributed by atoms with Gasteiger partial charge in [0.25, 0.3) is 5.91 Å². The molecule has 0 radical (unpaired) electrons. The molecule has 2 rings (SSSR count). The van der Waals surface area contributed by atoms with Gasteiger partial charge in [-0.05, 0) is 44.4 Å². The third kappa shape index (κ3) is 5.68. The van der Waals surface area contributed by atoms with Gasteiger partial charge < -0.3 is 20.1 Å². The molecule has 162 valence electrons. The number of carbonyl (C=O) groups is 2. The number of rotatable bonds is 8. The van der Waals surface area contributed by atoms with E-state index in [0.717, 1.165) is 23.6 Å². The molecule has 1 aromatic carbocycles. The Bertz CT molecular complexity index is 840. The monoisotopic (exact) mass is 427 g/mol. The van der Waals surface area contributed by atoms with Gasteiger partial charge in [0.05, 0.1) is 17.1 Å². The normalized spacial score (nSPS) is 17.3. The average molecular weight is 428 g/mol. The number of hydrogen-bond donors (Lipinski definition) is 2. The molecule has 1 saturated heterocycles. The van der Waals surface area contributed by atoms with Crippen molar-refractivity contribution in [2.75, 3.05) is 45.7 Å². The Hall–Kier alpha value is -2.17. The molecule has 1 aliphatic rings. The summed E-state index contributed by atoms with van der Waals surface area (Å²) in [6.07, 6.45) is 2.90. The second-order valence-electron chi connectivity index (χ2n) is 7.15. The second kappa shape index (κ2) is 10.0. The van der Waals surface area contributed by atoms with Crippen LogP contribution in [0.5, 0.6) is 0 Å². The summed E-state index contributed by atoms with van der Waals surface area (Å²) in [5.41, 5.74) is 0.307. The van der Waals surface area contributed by atoms with Crippen molar-refractivity contribution in [2.45, 2.75) is 37.1 Å². The highest BCUT2D eigenvalue weighted by Crippen LogP contribution is 2.23. The molecular weight excluding hydrogens is 398 g/mol. The summed E-state index contributed by atoms with van der Waals surface area (Å²) in [7, 11) is -0.968. The van der Waals surface area contributed by atoms with Crippen molar-refractivity contribution in [3.8, 4) is 0 Å². The van der Waals surface area contributed by atoms with E-state index in [1.807, 2.05) is 6.92 Å². The highest BCUT2D eigenvalue weighted by molar-refractivity contribution is 7.89. The zero-order chi connectivity index (χ0) is 21.6. The van der Waals surface area contributed by atoms with Gasteiger partial charge in [0.15, 0.2) is 6.61 Å². The topological polar surface area (TPSA) is 116 Å². The van der Waals surface area contributed by atoms with Crippen LogP contribution in [-0.4, -0.2) is 81.0 Å². The first-order valence-corrected chi connectivity index (χ1v) is 11.0. The third-order valence-corrected chi connectivity index (χ3v) is 6.68. The maximum absolute atomic E-state index is 12.6. The van der Waals surface area contributed by atoms with E-state index < -0.39 is 22.6 Å². The molecule has 2 N–H and O–H groups in total. The van der Waals surface area contributed by atoms with Gasteiger partial charge in [0.1, 0.15) is 0 Å². The van der Waals surface area contributed by atoms with Gasteiger partial charge >= 0.3 is 5.97 Å². The lowest BCUT2D eigenvalue weighted by Crippen LogP contribution is -2.44. The van der Waals surface area contributed by atoms with Gasteiger partial charge in [-0.3, -0.25) is 4.79 Å². The molecule has 29 heavy (non-hydrogen) atoms. The quantitative estimate of drug-likeness (QED) is 0.592. The fourth-order valence-electron chi connectivity index (χ4n) is 3.16. The predicted molar refractivity (Wildman–Crippen MR) is 108 cm³/mol. The maximum atomic E-state index is 12.6. The second-order valence-corrected chi connectivity index (χ2v) is 9.31. The van der Waals surface area contributed by atoms with Crippen molar-refractivity contribution >= 4 is 27.6 Å². The van der Waals surface area contributed by atoms with Crippen LogP contribution in [0, 0.1) is 0 Å². The predicted octanol–water partition coefficient (Wildman–Crippen LogP) is 0.899. The van der Waals surface area contributed by atoms with Crippen LogP contribution >= 0.6 is 0 Å². The number of piperidine rings is 1. The molecule has 0 bridgehead atoms. The Labute approximate surface area is 171 Å². The Morgan fingerprint density at radius 3 is 2.66 bits per heavy atom. The molecule has 1 aromatic rings. The molecule has 1 atom stereocenters. The molecule has 0 aliphatic carbocycles. The van der Waals surface area contributed by atoms with Crippen LogP contribution in [0.25, 0.3) is 0 Å². The van der Waals surface area contributed by atoms with Crippen LogP contribution in [0.2, 0.25) is 0 Å². The molecule has 1 aliphatic heterocycles. The van der Waals surface area contributed by atoms with Crippen molar-refractivity contribution in [3.63, 3.8) is 0 Å². The smallest absolute Gasteiger partial charge is 0.340 e. The zero-order valence-electron chi connectivity index (χ0n) is 17.1. The van der Waals surface area contributed by atoms with Crippen LogP contribution < -0.4 is 5.32 Å². The number of benzene rings is 1. The molecule has 1 fully saturated rings. The van der Waals surface area contributed by atoms with E-state index in [-0.39, 0.29) is 35.6 Å². The minimum atomic E-state index is -3.75. The number of aliphatic hydroxyl groups is 1. The van der Waals surface area contributed by atoms with Crippen LogP contribution in [0.1, 0.15) is 36.5 Å². The number of aliphatic hydroxyl groups excluding tert-OH is 1. The van der Waals surface area contributed by atoms with Gasteiger partial charge in [-0.2, -0.15) is 0 Å². The first kappa shape index (κ1) is 23.1. The van der Waals surface area contributed by atoms with Gasteiger partial charge in [-0.25, -0.2) is 17.5 Å². The Kier molecular flexibility index (Phi) is 8.00. The maximum Gasteiger partial charge on any atom is 0.340 e. The van der Waals surface area contributed by atoms with Gasteiger partial charge in [0.2, 0.25) is 10.0 Å². The van der Waals surface area contributed by atoms with Gasteiger partial charge in [-0.1, -0.05) is 0 Å². The summed E-state index contributed by atoms with van der Waals surface area (Å²) in [4.78, 5) is 26.7. The summed E-state index contributed by atoms with van der Waals surface area (Å²) in [5.74, 6) is -1.08. The van der Waals surface area contributed by atoms with E-state index in [1.54, 1.807) is 4.90 Å². The molecule has 1 heterocycles. The molecule has 9 nitrogen and oxygen atoms in total. The molecule has 0 unspecified atom stereocenters. The van der Waals surface area contributed by atoms with Crippen molar-refractivity contribution in [2.24, 2.45) is 0 Å². The fraction of sp³-hybridized carbons (Fsp3) is 0.579. The van der Waals surface area contributed by atoms with Crippen molar-refractivity contribution in [3.05, 3.63) is 23.8 Å². The number of amides is 1. The first-order valence-electron chi connectivity index (χ1n) is 9.56. The van der Waals surface area contributed by atoms with Crippen molar-refractivity contribution < 1.29 is 27.9 Å². The van der Waals surface area contributed by atoms with E-state index in [0.29, 0.717) is 12.2 Å². The SMILES string of the molecule is C[C@H]1CCCCN1C(=O)COC(=O)c1cc(S(=O)(=O)N(C)C)ccc1NCCO. The highest BCUT2D eigenvalue weighted by atomic mass is 32.2. The van der Waals surface area contributed by atoms with E-state index >= 15 is 0 Å². The minimum absolute atomic E-state index is 0.0131. The van der Waals surface area contributed by atoms with E-state index in [9.17, 15) is 18.0 Å². The fourth-order valence-corrected chi connectivity index (χ4v) is 4.09. The lowest BCUT2D eigenvalue weighted by molar-refractivity contribution is -0.137. The van der Waals surface area contributed by atoms with Crippen LogP contribution in [-0.2, 0) is 19.6 Å². The Balaban J connectivity index is 2.20. The largest absolute Gasteiger partial charge is 0.452 e. The number of ether oxygens (including phenoxy) is 1. The summed E-state index contributed by atoms with van der Waals surface area (Å²) < 4.78 is 31.0. The van der Waals surface area contributed by atoms with E-state index in [4.69, 9.17) is 9.84 Å². The summed E-state index contributed by atoms with van der Waals surface area (Å²) in [6, 6.07) is 4.12. The number of nitrogens with one attached hydrogen (secondary N) is 1. The molecule has 0 aromatic heterocycles. The molecule has 10 heteroatoms. The van der Waals surface area contributed by atoms with E-state index in [2.05, 4.69) is 5.32 Å². The molecule has 1 amide bonds. The lowest BCUT2D eigenvalue weighted by Gasteiger charge is -2.33. The number of likely N-dealkylation sites (tertiary alicyclic amines) is 1. The van der Waals surface area contributed by atoms with Gasteiger partial charge in [0, 0.05) is 38.9 Å². The first-order chi connectivity index (χ1) is 13.7. The summed E-state index contributed by atoms with van der Waals surface area (Å²) in [5, 5.41) is 11.9. The van der Waals surface area contributed by atoms with Crippen LogP contribution in [0.4, 0.5) is 5.69 Å². The zero-order valence-corrected chi connectivity index (χ0v) is 17.9. The molecular formula is C19H29N3O6S. The molecule has 0 spiro atoms. The van der Waals surface area contributed by atoms with Crippen molar-refractivity contribution in [1.29, 1.82) is 0 Å². The average Bonchev–Trinajstić information content (AvgIpc) is 2.70. The Morgan fingerprint density at radius 1 is 1.31 bits per heavy atom. The van der Waals surface area contributed by atoms with Gasteiger partial charge in [-0.15, -0.1) is 0 Å². The van der Waals surface area contributed by atoms with Crippen LogP contribution in [0.15, 0.2) is 23.1 Å². The highest BCUT2D eigenvalue weighted by Gasteiger charge is 2.26. The Morgan fingerprint density at radius 2 is 2.03 bits per heavy atom. The number of hydrogen-bond acceptors (Lipinski definition) is 7. The standard InChI is InChI=1S/C19H29N3O6S/c1-14-6-4-5-10-22(14)18(24)13-28-19(25)16-12-15(29(26,27)21(2)3)7-8-17(16)20-9-11-23/h7-8,12,14,20,23H,4-6,9-11,13H2,1-3H3/t14-/m0/s1. The minimum Gasteiger partial charge on any atom is -0.452 e. The summed E-state index contributed by atoms with van der Waals surface area (Å²) in [6.45, 7) is 2.19.